The summed E-state index contributed by atoms with van der Waals surface area (Å²) in [7, 11) is 0. The fourth-order valence-corrected chi connectivity index (χ4v) is 2.72. The topological polar surface area (TPSA) is 111 Å². The number of non-ortho nitro benzene ring substituents is 1. The van der Waals surface area contributed by atoms with Crippen LogP contribution >= 0.6 is 0 Å². The van der Waals surface area contributed by atoms with E-state index in [-0.39, 0.29) is 16.8 Å². The molecule has 0 saturated carbocycles. The highest BCUT2D eigenvalue weighted by atomic mass is 16.6. The summed E-state index contributed by atoms with van der Waals surface area (Å²) in [4.78, 5) is 34.9. The summed E-state index contributed by atoms with van der Waals surface area (Å²) in [6.45, 7) is 0.383. The lowest BCUT2D eigenvalue weighted by atomic mass is 10.1. The third-order valence-corrected chi connectivity index (χ3v) is 4.23. The lowest BCUT2D eigenvalue weighted by Crippen LogP contribution is -2.41. The van der Waals surface area contributed by atoms with Gasteiger partial charge in [0, 0.05) is 24.1 Å². The van der Waals surface area contributed by atoms with E-state index in [1.807, 2.05) is 30.3 Å². The van der Waals surface area contributed by atoms with Gasteiger partial charge in [0.15, 0.2) is 0 Å². The van der Waals surface area contributed by atoms with Gasteiger partial charge in [-0.05, 0) is 23.8 Å². The van der Waals surface area contributed by atoms with Crippen molar-refractivity contribution < 1.29 is 19.2 Å². The highest BCUT2D eigenvalue weighted by Crippen LogP contribution is 2.18. The number of rotatable bonds is 7. The standard InChI is InChI=1S/C22H19N3O5/c26-21(17-9-6-10-18(15-17)25(28)29)23-24-22(27)19-11-4-5-12-20(19)30-14-13-16-7-2-1-3-8-16/h1-12,15H,13-14H2,(H,23,26)(H,24,27). The number of para-hydroxylation sites is 1. The summed E-state index contributed by atoms with van der Waals surface area (Å²) in [5.74, 6) is -0.853. The average Bonchev–Trinajstić information content (AvgIpc) is 2.78. The highest BCUT2D eigenvalue weighted by Gasteiger charge is 2.15. The van der Waals surface area contributed by atoms with E-state index in [4.69, 9.17) is 4.74 Å². The third kappa shape index (κ3) is 5.41. The monoisotopic (exact) mass is 405 g/mol. The smallest absolute Gasteiger partial charge is 0.273 e. The predicted molar refractivity (Wildman–Crippen MR) is 110 cm³/mol. The Morgan fingerprint density at radius 1 is 0.867 bits per heavy atom. The molecule has 2 amide bonds. The molecule has 0 unspecified atom stereocenters. The summed E-state index contributed by atoms with van der Waals surface area (Å²) < 4.78 is 5.75. The Morgan fingerprint density at radius 3 is 2.33 bits per heavy atom. The number of nitrogens with one attached hydrogen (secondary N) is 2. The maximum Gasteiger partial charge on any atom is 0.273 e. The third-order valence-electron chi connectivity index (χ3n) is 4.23. The van der Waals surface area contributed by atoms with Gasteiger partial charge in [0.05, 0.1) is 17.1 Å². The molecule has 30 heavy (non-hydrogen) atoms. The number of nitro groups is 1. The minimum Gasteiger partial charge on any atom is -0.492 e. The Morgan fingerprint density at radius 2 is 1.57 bits per heavy atom. The molecular formula is C22H19N3O5. The number of amides is 2. The van der Waals surface area contributed by atoms with Crippen molar-refractivity contribution in [2.75, 3.05) is 6.61 Å². The molecule has 8 heteroatoms. The van der Waals surface area contributed by atoms with E-state index in [0.717, 1.165) is 11.6 Å². The summed E-state index contributed by atoms with van der Waals surface area (Å²) in [6, 6.07) is 21.7. The number of nitrogens with zero attached hydrogens (tertiary/aromatic N) is 1. The van der Waals surface area contributed by atoms with Crippen molar-refractivity contribution in [3.8, 4) is 5.75 Å². The molecule has 0 bridgehead atoms. The molecule has 0 fully saturated rings. The van der Waals surface area contributed by atoms with Crippen LogP contribution in [-0.2, 0) is 6.42 Å². The molecule has 0 aliphatic rings. The van der Waals surface area contributed by atoms with Crippen LogP contribution in [0, 0.1) is 10.1 Å². The van der Waals surface area contributed by atoms with E-state index in [1.165, 1.54) is 18.2 Å². The van der Waals surface area contributed by atoms with Crippen molar-refractivity contribution >= 4 is 17.5 Å². The van der Waals surface area contributed by atoms with Gasteiger partial charge in [0.1, 0.15) is 5.75 Å². The second kappa shape index (κ2) is 9.83. The van der Waals surface area contributed by atoms with Crippen LogP contribution in [0.15, 0.2) is 78.9 Å². The van der Waals surface area contributed by atoms with Crippen LogP contribution in [0.25, 0.3) is 0 Å². The first-order valence-electron chi connectivity index (χ1n) is 9.15. The van der Waals surface area contributed by atoms with Crippen molar-refractivity contribution in [1.29, 1.82) is 0 Å². The van der Waals surface area contributed by atoms with Gasteiger partial charge in [0.25, 0.3) is 17.5 Å². The van der Waals surface area contributed by atoms with Crippen LogP contribution in [0.4, 0.5) is 5.69 Å². The SMILES string of the molecule is O=C(NNC(=O)c1ccccc1OCCc1ccccc1)c1cccc([N+](=O)[O-])c1. The molecule has 3 rings (SSSR count). The van der Waals surface area contributed by atoms with Crippen LogP contribution in [0.2, 0.25) is 0 Å². The second-order valence-corrected chi connectivity index (χ2v) is 6.30. The molecule has 0 aromatic heterocycles. The Bertz CT molecular complexity index is 1050. The number of hydrogen-bond donors (Lipinski definition) is 2. The number of ether oxygens (including phenoxy) is 1. The second-order valence-electron chi connectivity index (χ2n) is 6.30. The van der Waals surface area contributed by atoms with E-state index in [2.05, 4.69) is 10.9 Å². The summed E-state index contributed by atoms with van der Waals surface area (Å²) in [5.41, 5.74) is 5.77. The molecule has 0 aliphatic heterocycles. The molecule has 3 aromatic carbocycles. The van der Waals surface area contributed by atoms with Gasteiger partial charge in [-0.2, -0.15) is 0 Å². The number of benzene rings is 3. The molecule has 0 saturated heterocycles. The van der Waals surface area contributed by atoms with E-state index < -0.39 is 16.7 Å². The minimum atomic E-state index is -0.672. The number of hydrazine groups is 1. The Hall–Kier alpha value is -4.20. The van der Waals surface area contributed by atoms with E-state index in [0.29, 0.717) is 18.8 Å². The van der Waals surface area contributed by atoms with Crippen molar-refractivity contribution in [3.05, 3.63) is 106 Å². The van der Waals surface area contributed by atoms with Gasteiger partial charge in [-0.3, -0.25) is 30.6 Å². The van der Waals surface area contributed by atoms with Crippen LogP contribution in [0.5, 0.6) is 5.75 Å². The summed E-state index contributed by atoms with van der Waals surface area (Å²) in [5, 5.41) is 10.8. The average molecular weight is 405 g/mol. The van der Waals surface area contributed by atoms with Gasteiger partial charge >= 0.3 is 0 Å². The van der Waals surface area contributed by atoms with Crippen LogP contribution in [-0.4, -0.2) is 23.3 Å². The zero-order valence-corrected chi connectivity index (χ0v) is 15.9. The molecule has 0 radical (unpaired) electrons. The maximum atomic E-state index is 12.5. The Kier molecular flexibility index (Phi) is 6.73. The highest BCUT2D eigenvalue weighted by molar-refractivity contribution is 6.00. The molecule has 0 atom stereocenters. The molecular weight excluding hydrogens is 386 g/mol. The van der Waals surface area contributed by atoms with Crippen molar-refractivity contribution in [3.63, 3.8) is 0 Å². The first kappa shape index (κ1) is 20.5. The molecule has 3 aromatic rings. The van der Waals surface area contributed by atoms with Crippen LogP contribution in [0.3, 0.4) is 0 Å². The molecule has 2 N–H and O–H groups in total. The van der Waals surface area contributed by atoms with Gasteiger partial charge in [-0.25, -0.2) is 0 Å². The summed E-state index contributed by atoms with van der Waals surface area (Å²) >= 11 is 0. The van der Waals surface area contributed by atoms with E-state index in [9.17, 15) is 19.7 Å². The fourth-order valence-electron chi connectivity index (χ4n) is 2.72. The van der Waals surface area contributed by atoms with Gasteiger partial charge in [0.2, 0.25) is 0 Å². The number of carbonyl (C=O) groups excluding carboxylic acids is 2. The van der Waals surface area contributed by atoms with E-state index in [1.54, 1.807) is 24.3 Å². The quantitative estimate of drug-likeness (QED) is 0.463. The van der Waals surface area contributed by atoms with Gasteiger partial charge < -0.3 is 4.74 Å². The van der Waals surface area contributed by atoms with Gasteiger partial charge in [-0.15, -0.1) is 0 Å². The predicted octanol–water partition coefficient (Wildman–Crippen LogP) is 3.29. The normalized spacial score (nSPS) is 10.1. The molecule has 0 heterocycles. The first-order valence-corrected chi connectivity index (χ1v) is 9.15. The lowest BCUT2D eigenvalue weighted by Gasteiger charge is -2.12. The van der Waals surface area contributed by atoms with E-state index >= 15 is 0 Å². The van der Waals surface area contributed by atoms with Gasteiger partial charge in [-0.1, -0.05) is 48.5 Å². The molecule has 0 spiro atoms. The zero-order chi connectivity index (χ0) is 21.3. The first-order chi connectivity index (χ1) is 14.5. The maximum absolute atomic E-state index is 12.5. The molecule has 0 aliphatic carbocycles. The fraction of sp³-hybridized carbons (Fsp3) is 0.0909. The van der Waals surface area contributed by atoms with Crippen molar-refractivity contribution in [2.45, 2.75) is 6.42 Å². The zero-order valence-electron chi connectivity index (χ0n) is 15.9. The van der Waals surface area contributed by atoms with Crippen LogP contribution in [0.1, 0.15) is 26.3 Å². The van der Waals surface area contributed by atoms with Crippen molar-refractivity contribution in [1.82, 2.24) is 10.9 Å². The summed E-state index contributed by atoms with van der Waals surface area (Å²) in [6.07, 6.45) is 0.681. The number of hydrogen-bond acceptors (Lipinski definition) is 5. The number of nitro benzene ring substituents is 1. The molecule has 152 valence electrons. The number of carbonyl (C=O) groups is 2. The Labute approximate surface area is 172 Å². The minimum absolute atomic E-state index is 0.0527. The molecule has 8 nitrogen and oxygen atoms in total. The largest absolute Gasteiger partial charge is 0.492 e. The van der Waals surface area contributed by atoms with Crippen LogP contribution < -0.4 is 15.6 Å². The van der Waals surface area contributed by atoms with Crippen molar-refractivity contribution in [2.24, 2.45) is 0 Å². The Balaban J connectivity index is 1.59. The lowest BCUT2D eigenvalue weighted by molar-refractivity contribution is -0.384.